The van der Waals surface area contributed by atoms with E-state index in [1.165, 1.54) is 12.8 Å². The molecular weight excluding hydrogens is 517 g/mol. The van der Waals surface area contributed by atoms with Crippen molar-refractivity contribution in [1.29, 1.82) is 0 Å². The number of likely N-dealkylation sites (tertiary alicyclic amines) is 1. The summed E-state index contributed by atoms with van der Waals surface area (Å²) < 4.78 is 26.0. The Bertz CT molecular complexity index is 853. The molecule has 2 aliphatic rings. The maximum atomic E-state index is 12.4. The van der Waals surface area contributed by atoms with Crippen molar-refractivity contribution in [1.82, 2.24) is 29.9 Å². The number of nitrogens with zero attached hydrogens (tertiary/aromatic N) is 6. The van der Waals surface area contributed by atoms with Crippen LogP contribution in [0.2, 0.25) is 0 Å². The highest BCUT2D eigenvalue weighted by Gasteiger charge is 2.41. The van der Waals surface area contributed by atoms with Gasteiger partial charge in [0.2, 0.25) is 0 Å². The molecule has 1 aromatic rings. The molecule has 0 bridgehead atoms. The molecule has 0 aromatic carbocycles. The zero-order chi connectivity index (χ0) is 21.2. The molecule has 9 nitrogen and oxygen atoms in total. The third kappa shape index (κ3) is 5.45. The van der Waals surface area contributed by atoms with E-state index in [0.717, 1.165) is 37.2 Å². The van der Waals surface area contributed by atoms with Crippen LogP contribution in [0.5, 0.6) is 0 Å². The molecule has 1 aromatic heterocycles. The number of hydrogen-bond acceptors (Lipinski definition) is 6. The quantitative estimate of drug-likeness (QED) is 0.333. The lowest BCUT2D eigenvalue weighted by Crippen LogP contribution is -2.58. The van der Waals surface area contributed by atoms with Crippen molar-refractivity contribution in [3.8, 4) is 0 Å². The van der Waals surface area contributed by atoms with E-state index in [1.54, 1.807) is 13.8 Å². The highest BCUT2D eigenvalue weighted by Crippen LogP contribution is 2.24. The first-order valence-electron chi connectivity index (χ1n) is 10.5. The van der Waals surface area contributed by atoms with Crippen molar-refractivity contribution in [2.45, 2.75) is 57.9 Å². The Balaban J connectivity index is 0.00000320. The summed E-state index contributed by atoms with van der Waals surface area (Å²) in [5, 5.41) is 11.8. The zero-order valence-electron chi connectivity index (χ0n) is 18.8. The van der Waals surface area contributed by atoms with Gasteiger partial charge in [-0.3, -0.25) is 4.90 Å². The summed E-state index contributed by atoms with van der Waals surface area (Å²) in [5.41, 5.74) is 0. The molecule has 2 fully saturated rings. The molecule has 2 saturated heterocycles. The van der Waals surface area contributed by atoms with Crippen LogP contribution in [0.4, 0.5) is 0 Å². The monoisotopic (exact) mass is 553 g/mol. The van der Waals surface area contributed by atoms with Gasteiger partial charge in [0.25, 0.3) is 0 Å². The minimum Gasteiger partial charge on any atom is -0.355 e. The van der Waals surface area contributed by atoms with Gasteiger partial charge in [-0.1, -0.05) is 6.92 Å². The summed E-state index contributed by atoms with van der Waals surface area (Å²) in [5.74, 6) is 2.55. The Hall–Kier alpha value is -0.950. The summed E-state index contributed by atoms with van der Waals surface area (Å²) in [4.78, 5) is 9.38. The highest BCUT2D eigenvalue weighted by atomic mass is 127. The molecule has 1 atom stereocenters. The average molecular weight is 554 g/mol. The topological polar surface area (TPSA) is 95.7 Å². The Kier molecular flexibility index (Phi) is 8.53. The molecule has 0 saturated carbocycles. The van der Waals surface area contributed by atoms with E-state index in [1.807, 2.05) is 18.5 Å². The molecule has 2 aliphatic heterocycles. The fourth-order valence-electron chi connectivity index (χ4n) is 4.08. The molecule has 30 heavy (non-hydrogen) atoms. The molecule has 3 heterocycles. The van der Waals surface area contributed by atoms with Gasteiger partial charge in [-0.15, -0.1) is 34.2 Å². The number of aromatic nitrogens is 3. The standard InChI is InChI=1S/C19H35N7O2S.HI/c1-6-25-9-7-8-16(25)12-20-18(21-13-17-23-22-15(2)24(17)5)26-10-11-29(27,28)19(3,4)14-26;/h16H,6-14H2,1-5H3,(H,20,21);1H. The van der Waals surface area contributed by atoms with E-state index in [2.05, 4.69) is 32.2 Å². The van der Waals surface area contributed by atoms with E-state index in [-0.39, 0.29) is 29.7 Å². The fourth-order valence-corrected chi connectivity index (χ4v) is 5.44. The first-order valence-corrected chi connectivity index (χ1v) is 12.1. The Morgan fingerprint density at radius 2 is 2.03 bits per heavy atom. The van der Waals surface area contributed by atoms with Gasteiger partial charge in [0.1, 0.15) is 12.4 Å². The number of guanidine groups is 1. The van der Waals surface area contributed by atoms with Crippen molar-refractivity contribution in [3.05, 3.63) is 11.6 Å². The maximum Gasteiger partial charge on any atom is 0.194 e. The summed E-state index contributed by atoms with van der Waals surface area (Å²) >= 11 is 0. The van der Waals surface area contributed by atoms with Crippen LogP contribution in [0.3, 0.4) is 0 Å². The fraction of sp³-hybridized carbons (Fsp3) is 0.842. The van der Waals surface area contributed by atoms with Crippen LogP contribution in [-0.2, 0) is 23.4 Å². The summed E-state index contributed by atoms with van der Waals surface area (Å²) in [6, 6.07) is 0.490. The number of aliphatic imine (C=N–C) groups is 1. The Morgan fingerprint density at radius 3 is 2.63 bits per heavy atom. The highest BCUT2D eigenvalue weighted by molar-refractivity contribution is 14.0. The van der Waals surface area contributed by atoms with Crippen molar-refractivity contribution in [2.75, 3.05) is 38.5 Å². The zero-order valence-corrected chi connectivity index (χ0v) is 21.9. The molecule has 0 spiro atoms. The van der Waals surface area contributed by atoms with Crippen LogP contribution in [0.25, 0.3) is 0 Å². The predicted molar refractivity (Wildman–Crippen MR) is 130 cm³/mol. The lowest BCUT2D eigenvalue weighted by atomic mass is 10.2. The van der Waals surface area contributed by atoms with Crippen LogP contribution in [0.1, 0.15) is 45.3 Å². The number of likely N-dealkylation sites (N-methyl/N-ethyl adjacent to an activating group) is 1. The second-order valence-electron chi connectivity index (χ2n) is 8.67. The van der Waals surface area contributed by atoms with E-state index in [4.69, 9.17) is 4.99 Å². The summed E-state index contributed by atoms with van der Waals surface area (Å²) in [7, 11) is -1.17. The smallest absolute Gasteiger partial charge is 0.194 e. The molecule has 1 N–H and O–H groups in total. The number of sulfone groups is 1. The lowest BCUT2D eigenvalue weighted by Gasteiger charge is -2.39. The Morgan fingerprint density at radius 1 is 1.30 bits per heavy atom. The first-order chi connectivity index (χ1) is 13.6. The van der Waals surface area contributed by atoms with E-state index >= 15 is 0 Å². The average Bonchev–Trinajstić information content (AvgIpc) is 3.25. The third-order valence-corrected chi connectivity index (χ3v) is 8.83. The van der Waals surface area contributed by atoms with E-state index < -0.39 is 14.6 Å². The number of hydrogen-bond donors (Lipinski definition) is 1. The van der Waals surface area contributed by atoms with Gasteiger partial charge in [0.05, 0.1) is 10.5 Å². The Labute approximate surface area is 197 Å². The van der Waals surface area contributed by atoms with Crippen molar-refractivity contribution < 1.29 is 8.42 Å². The SMILES string of the molecule is CCN1CCCC1CNC(=NCc1nnc(C)n1C)N1CCS(=O)(=O)C(C)(C)C1.I. The first kappa shape index (κ1) is 25.3. The molecule has 0 radical (unpaired) electrons. The molecular formula is C19H36IN7O2S. The van der Waals surface area contributed by atoms with E-state index in [9.17, 15) is 8.42 Å². The minimum absolute atomic E-state index is 0. The van der Waals surface area contributed by atoms with Crippen LogP contribution in [-0.4, -0.2) is 88.2 Å². The van der Waals surface area contributed by atoms with Gasteiger partial charge in [0.15, 0.2) is 21.6 Å². The van der Waals surface area contributed by atoms with Crippen molar-refractivity contribution in [3.63, 3.8) is 0 Å². The molecule has 172 valence electrons. The normalized spacial score (nSPS) is 24.0. The van der Waals surface area contributed by atoms with Gasteiger partial charge in [0, 0.05) is 32.7 Å². The predicted octanol–water partition coefficient (Wildman–Crippen LogP) is 1.18. The maximum absolute atomic E-state index is 12.4. The largest absolute Gasteiger partial charge is 0.355 e. The second kappa shape index (κ2) is 10.1. The van der Waals surface area contributed by atoms with Crippen molar-refractivity contribution >= 4 is 39.8 Å². The lowest BCUT2D eigenvalue weighted by molar-refractivity contribution is 0.263. The van der Waals surface area contributed by atoms with Crippen LogP contribution in [0, 0.1) is 6.92 Å². The van der Waals surface area contributed by atoms with E-state index in [0.29, 0.717) is 25.7 Å². The third-order valence-electron chi connectivity index (χ3n) is 6.30. The van der Waals surface area contributed by atoms with Gasteiger partial charge >= 0.3 is 0 Å². The number of aryl methyl sites for hydroxylation is 1. The van der Waals surface area contributed by atoms with Gasteiger partial charge in [-0.25, -0.2) is 13.4 Å². The second-order valence-corrected chi connectivity index (χ2v) is 11.4. The molecule has 0 amide bonds. The molecule has 3 rings (SSSR count). The van der Waals surface area contributed by atoms with Gasteiger partial charge < -0.3 is 14.8 Å². The summed E-state index contributed by atoms with van der Waals surface area (Å²) in [6.07, 6.45) is 2.40. The van der Waals surface area contributed by atoms with Crippen LogP contribution in [0.15, 0.2) is 4.99 Å². The number of halogens is 1. The molecule has 1 unspecified atom stereocenters. The number of rotatable bonds is 5. The van der Waals surface area contributed by atoms with Crippen molar-refractivity contribution in [2.24, 2.45) is 12.0 Å². The van der Waals surface area contributed by atoms with Gasteiger partial charge in [-0.2, -0.15) is 0 Å². The van der Waals surface area contributed by atoms with Crippen LogP contribution >= 0.6 is 24.0 Å². The minimum atomic E-state index is -3.10. The summed E-state index contributed by atoms with van der Waals surface area (Å²) in [6.45, 7) is 12.0. The molecule has 0 aliphatic carbocycles. The van der Waals surface area contributed by atoms with Gasteiger partial charge in [-0.05, 0) is 46.7 Å². The van der Waals surface area contributed by atoms with Crippen LogP contribution < -0.4 is 5.32 Å². The molecule has 11 heteroatoms. The number of nitrogens with one attached hydrogen (secondary N) is 1.